The fraction of sp³-hybridized carbons (Fsp3) is 0.755. The number of methoxy groups -OCH3 is 2. The normalized spacial score (nSPS) is 39.2. The molecule has 2 heterocycles. The van der Waals surface area contributed by atoms with Crippen LogP contribution in [0.4, 0.5) is 0 Å². The van der Waals surface area contributed by atoms with Crippen LogP contribution >= 0.6 is 0 Å². The van der Waals surface area contributed by atoms with E-state index in [-0.39, 0.29) is 85.5 Å². The van der Waals surface area contributed by atoms with Gasteiger partial charge in [-0.3, -0.25) is 24.0 Å². The number of hydrogen-bond acceptors (Lipinski definition) is 11. The summed E-state index contributed by atoms with van der Waals surface area (Å²) in [5.41, 5.74) is -0.498. The number of amides is 1. The van der Waals surface area contributed by atoms with Gasteiger partial charge in [0.15, 0.2) is 11.6 Å². The Morgan fingerprint density at radius 2 is 1.54 bits per heavy atom. The minimum Gasteiger partial charge on any atom is -0.396 e. The standard InChI is InChI=1S/C53H83NO11/c1-32-15-11-10-12-16-33(2)47(64-8)27-40-19-18-38(7)53(63,30-40)51(61)52(62)54-22-14-13-17-43(54)46(58)29-41(34(3)25-39-20-21-44(56)42(26-39)31-55)28-45(57)35(4)24-37(6)49(60)50(65-9)48(59)36(5)23-32/h10-12,15-16,24,32,34-36,38-44,47,49-50,55-56,60,63H,13-14,17-23,25-31H2,1-9H3/b12-10?,15-11+,33-16?,37-24+/t32-,34-,35-,36-,38-,39?,40+,41-,42+,43+,44-,47+,49-,50+,53+/m1/s1. The third-order valence-corrected chi connectivity index (χ3v) is 15.7. The van der Waals surface area contributed by atoms with Crippen molar-refractivity contribution in [1.82, 2.24) is 4.90 Å². The number of rotatable bonds is 6. The minimum absolute atomic E-state index is 0.00131. The average molecular weight is 910 g/mol. The maximum atomic E-state index is 14.6. The van der Waals surface area contributed by atoms with Crippen LogP contribution in [0.15, 0.2) is 47.6 Å². The number of aliphatic hydroxyl groups is 4. The predicted octanol–water partition coefficient (Wildman–Crippen LogP) is 7.10. The summed E-state index contributed by atoms with van der Waals surface area (Å²) < 4.78 is 11.5. The number of Topliss-reactive ketones (excluding diaryl/α,β-unsaturated/α-hetero) is 4. The second-order valence-corrected chi connectivity index (χ2v) is 20.8. The Kier molecular flexibility index (Phi) is 21.2. The van der Waals surface area contributed by atoms with Crippen LogP contribution in [0.2, 0.25) is 0 Å². The van der Waals surface area contributed by atoms with E-state index >= 15 is 0 Å². The van der Waals surface area contributed by atoms with Crippen molar-refractivity contribution in [3.05, 3.63) is 47.6 Å². The lowest BCUT2D eigenvalue weighted by Crippen LogP contribution is -2.59. The molecule has 3 fully saturated rings. The third kappa shape index (κ3) is 14.4. The monoisotopic (exact) mass is 910 g/mol. The minimum atomic E-state index is -1.89. The first-order chi connectivity index (χ1) is 30.7. The average Bonchev–Trinajstić information content (AvgIpc) is 3.28. The van der Waals surface area contributed by atoms with Gasteiger partial charge in [-0.2, -0.15) is 0 Å². The molecule has 4 N–H and O–H groups in total. The van der Waals surface area contributed by atoms with Gasteiger partial charge in [0.25, 0.3) is 11.7 Å². The fourth-order valence-corrected chi connectivity index (χ4v) is 11.3. The van der Waals surface area contributed by atoms with Gasteiger partial charge in [0.2, 0.25) is 0 Å². The van der Waals surface area contributed by atoms with Crippen LogP contribution in [0.25, 0.3) is 0 Å². The summed E-state index contributed by atoms with van der Waals surface area (Å²) in [6.45, 7) is 13.2. The molecule has 0 aromatic heterocycles. The molecule has 0 spiro atoms. The number of carbonyl (C=O) groups excluding carboxylic acids is 5. The molecule has 2 saturated carbocycles. The molecule has 65 heavy (non-hydrogen) atoms. The molecule has 0 radical (unpaired) electrons. The number of aliphatic hydroxyl groups excluding tert-OH is 3. The molecule has 12 heteroatoms. The van der Waals surface area contributed by atoms with Gasteiger partial charge in [-0.1, -0.05) is 71.1 Å². The molecular formula is C53H83NO11. The Balaban J connectivity index is 1.70. The highest BCUT2D eigenvalue weighted by Crippen LogP contribution is 2.42. The zero-order valence-corrected chi connectivity index (χ0v) is 41.0. The fourth-order valence-electron chi connectivity index (χ4n) is 11.3. The summed E-state index contributed by atoms with van der Waals surface area (Å²) >= 11 is 0. The van der Waals surface area contributed by atoms with E-state index in [1.165, 1.54) is 12.0 Å². The van der Waals surface area contributed by atoms with Gasteiger partial charge in [0.1, 0.15) is 23.6 Å². The van der Waals surface area contributed by atoms with Crippen LogP contribution in [0.5, 0.6) is 0 Å². The lowest BCUT2D eigenvalue weighted by molar-refractivity contribution is -0.165. The number of fused-ring (bicyclic) bond motifs is 3. The van der Waals surface area contributed by atoms with Crippen LogP contribution in [-0.4, -0.2) is 118 Å². The van der Waals surface area contributed by atoms with Gasteiger partial charge in [-0.05, 0) is 138 Å². The van der Waals surface area contributed by atoms with E-state index in [4.69, 9.17) is 9.47 Å². The first-order valence-electron chi connectivity index (χ1n) is 24.6. The van der Waals surface area contributed by atoms with Crippen molar-refractivity contribution >= 4 is 29.0 Å². The van der Waals surface area contributed by atoms with Crippen LogP contribution in [0.1, 0.15) is 138 Å². The van der Waals surface area contributed by atoms with Crippen molar-refractivity contribution in [2.24, 2.45) is 53.3 Å². The molecule has 2 bridgehead atoms. The maximum Gasteiger partial charge on any atom is 0.293 e. The van der Waals surface area contributed by atoms with Crippen molar-refractivity contribution < 1.29 is 53.9 Å². The van der Waals surface area contributed by atoms with Crippen molar-refractivity contribution in [1.29, 1.82) is 0 Å². The van der Waals surface area contributed by atoms with Gasteiger partial charge < -0.3 is 34.8 Å². The van der Waals surface area contributed by atoms with Crippen molar-refractivity contribution in [3.8, 4) is 0 Å². The number of nitrogens with zero attached hydrogens (tertiary/aromatic N) is 1. The summed E-state index contributed by atoms with van der Waals surface area (Å²) in [6.07, 6.45) is 15.0. The van der Waals surface area contributed by atoms with Gasteiger partial charge in [-0.25, -0.2) is 0 Å². The molecule has 15 atom stereocenters. The summed E-state index contributed by atoms with van der Waals surface area (Å²) in [4.78, 5) is 72.6. The van der Waals surface area contributed by atoms with Gasteiger partial charge in [-0.15, -0.1) is 0 Å². The van der Waals surface area contributed by atoms with E-state index in [2.05, 4.69) is 0 Å². The molecule has 12 nitrogen and oxygen atoms in total. The van der Waals surface area contributed by atoms with Gasteiger partial charge in [0.05, 0.1) is 18.2 Å². The maximum absolute atomic E-state index is 14.6. The van der Waals surface area contributed by atoms with E-state index in [0.717, 1.165) is 18.4 Å². The predicted molar refractivity (Wildman–Crippen MR) is 251 cm³/mol. The highest BCUT2D eigenvalue weighted by Gasteiger charge is 2.51. The van der Waals surface area contributed by atoms with E-state index in [1.54, 1.807) is 27.0 Å². The number of carbonyl (C=O) groups is 5. The molecule has 2 aliphatic carbocycles. The largest absolute Gasteiger partial charge is 0.396 e. The molecule has 1 unspecified atom stereocenters. The SMILES string of the molecule is CO[C@H]1C[C@@H]2CC[C@@H](C)[C@@](O)(C2)C(=O)C(=O)N2CCCC[C@H]2C(=O)C[C@H]([C@H](C)CC2CC[C@@H](O)[C@H](CO)C2)CC(=O)[C@H](C)/C=C(\C)[C@@H](O)[C@@H](OC)C(=O)[C@H](C)C[C@H](C)/C=C/C=CC=C1C. The number of hydrogen-bond donors (Lipinski definition) is 4. The molecule has 1 amide bonds. The number of ketones is 4. The Hall–Kier alpha value is -3.13. The number of allylic oxidation sites excluding steroid dienone is 6. The van der Waals surface area contributed by atoms with Crippen molar-refractivity contribution in [2.45, 2.75) is 174 Å². The first kappa shape index (κ1) is 54.5. The van der Waals surface area contributed by atoms with E-state index in [1.807, 2.05) is 65.0 Å². The smallest absolute Gasteiger partial charge is 0.293 e. The van der Waals surface area contributed by atoms with Crippen LogP contribution in [0.3, 0.4) is 0 Å². The Bertz CT molecular complexity index is 1750. The summed E-state index contributed by atoms with van der Waals surface area (Å²) in [5, 5.41) is 44.1. The third-order valence-electron chi connectivity index (χ3n) is 15.7. The van der Waals surface area contributed by atoms with Gasteiger partial charge >= 0.3 is 0 Å². The lowest BCUT2D eigenvalue weighted by atomic mass is 9.67. The van der Waals surface area contributed by atoms with Crippen LogP contribution in [-0.2, 0) is 33.4 Å². The van der Waals surface area contributed by atoms with E-state index in [0.29, 0.717) is 63.4 Å². The molecule has 1 saturated heterocycles. The van der Waals surface area contributed by atoms with Gasteiger partial charge in [0, 0.05) is 58.0 Å². The molecule has 4 aliphatic rings. The molecule has 4 rings (SSSR count). The molecule has 366 valence electrons. The molecular weight excluding hydrogens is 827 g/mol. The zero-order chi connectivity index (χ0) is 48.2. The number of piperidine rings is 1. The number of ether oxygens (including phenoxy) is 2. The second-order valence-electron chi connectivity index (χ2n) is 20.8. The molecule has 0 aromatic carbocycles. The zero-order valence-electron chi connectivity index (χ0n) is 41.0. The summed E-state index contributed by atoms with van der Waals surface area (Å²) in [6, 6.07) is -0.875. The second kappa shape index (κ2) is 25.3. The highest BCUT2D eigenvalue weighted by molar-refractivity contribution is 6.39. The summed E-state index contributed by atoms with van der Waals surface area (Å²) in [7, 11) is 3.04. The van der Waals surface area contributed by atoms with E-state index < -0.39 is 65.3 Å². The van der Waals surface area contributed by atoms with Crippen LogP contribution in [0, 0.1) is 53.3 Å². The highest BCUT2D eigenvalue weighted by atomic mass is 16.5. The quantitative estimate of drug-likeness (QED) is 0.157. The van der Waals surface area contributed by atoms with Crippen molar-refractivity contribution in [3.63, 3.8) is 0 Å². The first-order valence-corrected chi connectivity index (χ1v) is 24.6. The topological polar surface area (TPSA) is 188 Å². The Morgan fingerprint density at radius 3 is 2.22 bits per heavy atom. The van der Waals surface area contributed by atoms with E-state index in [9.17, 15) is 44.4 Å². The summed E-state index contributed by atoms with van der Waals surface area (Å²) in [5.74, 6) is -4.49. The Labute approximate surface area is 389 Å². The van der Waals surface area contributed by atoms with Crippen molar-refractivity contribution in [2.75, 3.05) is 27.4 Å². The molecule has 2 aliphatic heterocycles. The lowest BCUT2D eigenvalue weighted by Gasteiger charge is -2.43. The Morgan fingerprint density at radius 1 is 0.831 bits per heavy atom. The molecule has 0 aromatic rings. The van der Waals surface area contributed by atoms with Crippen LogP contribution < -0.4 is 0 Å².